The van der Waals surface area contributed by atoms with Gasteiger partial charge in [-0.15, -0.1) is 0 Å². The topological polar surface area (TPSA) is 37.3 Å². The molecule has 5 heavy (non-hydrogen) atoms. The molecule has 0 saturated carbocycles. The fraction of sp³-hybridized carbons (Fsp3) is 1.00. The molecule has 0 aromatic carbocycles. The first-order valence-corrected chi connectivity index (χ1v) is 2.27. The molecule has 0 heterocycles. The second kappa shape index (κ2) is 5.75. The van der Waals surface area contributed by atoms with Crippen molar-refractivity contribution in [2.45, 2.75) is 0 Å². The van der Waals surface area contributed by atoms with Crippen LogP contribution in [0.3, 0.4) is 0 Å². The molecule has 0 radical (unpaired) electrons. The Labute approximate surface area is 76.0 Å². The van der Waals surface area contributed by atoms with Gasteiger partial charge in [0.2, 0.25) is 0 Å². The minimum atomic E-state index is -1.61. The van der Waals surface area contributed by atoms with E-state index in [2.05, 4.69) is 0 Å². The Bertz CT molecular complexity index is 32.6. The van der Waals surface area contributed by atoms with Crippen LogP contribution in [0.15, 0.2) is 0 Å². The molecule has 1 N–H and O–H groups in total. The zero-order valence-electron chi connectivity index (χ0n) is 2.26. The van der Waals surface area contributed by atoms with Gasteiger partial charge in [-0.05, 0) is 0 Å². The Morgan fingerprint density at radius 2 is 1.80 bits per heavy atom. The Kier molecular flexibility index (Phi) is 11.4. The molecule has 0 saturated heterocycles. The van der Waals surface area contributed by atoms with Gasteiger partial charge in [0.25, 0.3) is 0 Å². The van der Waals surface area contributed by atoms with Crippen molar-refractivity contribution in [3.63, 3.8) is 0 Å². The summed E-state index contributed by atoms with van der Waals surface area (Å²) >= 11 is -1.61. The fourth-order valence-corrected chi connectivity index (χ4v) is 0. The van der Waals surface area contributed by atoms with Crippen LogP contribution in [0.4, 0.5) is 0 Å². The van der Waals surface area contributed by atoms with Crippen molar-refractivity contribution in [1.29, 1.82) is 0 Å². The van der Waals surface area contributed by atoms with E-state index in [1.807, 2.05) is 0 Å². The molecule has 2 nitrogen and oxygen atoms in total. The van der Waals surface area contributed by atoms with Gasteiger partial charge < -0.3 is 4.55 Å². The molecular formula is CH5KO2S. The third kappa shape index (κ3) is 26.4. The molecular weight excluding hydrogens is 115 g/mol. The summed E-state index contributed by atoms with van der Waals surface area (Å²) in [5.41, 5.74) is 0. The summed E-state index contributed by atoms with van der Waals surface area (Å²) in [5.74, 6) is 0. The number of hydrogen-bond donors (Lipinski definition) is 1. The van der Waals surface area contributed by atoms with E-state index >= 15 is 0 Å². The van der Waals surface area contributed by atoms with Crippen LogP contribution < -0.4 is 0 Å². The van der Waals surface area contributed by atoms with E-state index in [-0.39, 0.29) is 51.4 Å². The zero-order valence-corrected chi connectivity index (χ0v) is 3.08. The van der Waals surface area contributed by atoms with E-state index in [1.165, 1.54) is 6.26 Å². The van der Waals surface area contributed by atoms with Gasteiger partial charge in [-0.3, -0.25) is 0 Å². The van der Waals surface area contributed by atoms with Crippen LogP contribution >= 0.6 is 0 Å². The second-order valence-electron chi connectivity index (χ2n) is 0.424. The normalized spacial score (nSPS) is 12.4. The first-order valence-electron chi connectivity index (χ1n) is 0.757. The molecule has 0 aromatic heterocycles. The van der Waals surface area contributed by atoms with E-state index < -0.39 is 11.1 Å². The molecule has 0 aliphatic carbocycles. The quantitative estimate of drug-likeness (QED) is 0.335. The van der Waals surface area contributed by atoms with Gasteiger partial charge in [-0.2, -0.15) is 0 Å². The molecule has 0 spiro atoms. The fourth-order valence-electron chi connectivity index (χ4n) is 0. The van der Waals surface area contributed by atoms with Crippen LogP contribution in [-0.4, -0.2) is 66.4 Å². The van der Waals surface area contributed by atoms with Crippen LogP contribution in [-0.2, 0) is 11.1 Å². The molecule has 0 aromatic rings. The Hall–Kier alpha value is 1.75. The molecule has 0 amide bonds. The SMILES string of the molecule is CS(=O)O.[KH]. The van der Waals surface area contributed by atoms with Crippen molar-refractivity contribution >= 4 is 62.5 Å². The Morgan fingerprint density at radius 1 is 1.80 bits per heavy atom. The summed E-state index contributed by atoms with van der Waals surface area (Å²) in [6.07, 6.45) is 1.19. The zero-order chi connectivity index (χ0) is 3.58. The van der Waals surface area contributed by atoms with Crippen LogP contribution in [0.2, 0.25) is 0 Å². The van der Waals surface area contributed by atoms with Crippen molar-refractivity contribution in [2.24, 2.45) is 0 Å². The summed E-state index contributed by atoms with van der Waals surface area (Å²) in [6.45, 7) is 0. The Morgan fingerprint density at radius 3 is 1.80 bits per heavy atom. The van der Waals surface area contributed by atoms with Crippen LogP contribution in [0.25, 0.3) is 0 Å². The van der Waals surface area contributed by atoms with Crippen molar-refractivity contribution < 1.29 is 8.76 Å². The van der Waals surface area contributed by atoms with Gasteiger partial charge >= 0.3 is 51.4 Å². The average molecular weight is 120 g/mol. The monoisotopic (exact) mass is 120 g/mol. The second-order valence-corrected chi connectivity index (χ2v) is 1.27. The van der Waals surface area contributed by atoms with E-state index in [4.69, 9.17) is 8.76 Å². The van der Waals surface area contributed by atoms with Gasteiger partial charge in [-0.1, -0.05) is 0 Å². The minimum absolute atomic E-state index is 0. The summed E-state index contributed by atoms with van der Waals surface area (Å²) in [7, 11) is 0. The van der Waals surface area contributed by atoms with Gasteiger partial charge in [-0.25, -0.2) is 4.21 Å². The summed E-state index contributed by atoms with van der Waals surface area (Å²) in [4.78, 5) is 0. The van der Waals surface area contributed by atoms with Crippen LogP contribution in [0.1, 0.15) is 0 Å². The van der Waals surface area contributed by atoms with E-state index in [0.717, 1.165) is 0 Å². The van der Waals surface area contributed by atoms with Crippen molar-refractivity contribution in [3.8, 4) is 0 Å². The first-order chi connectivity index (χ1) is 1.73. The first kappa shape index (κ1) is 9.89. The van der Waals surface area contributed by atoms with E-state index in [1.54, 1.807) is 0 Å². The van der Waals surface area contributed by atoms with Gasteiger partial charge in [0, 0.05) is 6.26 Å². The van der Waals surface area contributed by atoms with Crippen LogP contribution in [0.5, 0.6) is 0 Å². The van der Waals surface area contributed by atoms with E-state index in [0.29, 0.717) is 0 Å². The summed E-state index contributed by atoms with van der Waals surface area (Å²) < 4.78 is 16.6. The van der Waals surface area contributed by atoms with Gasteiger partial charge in [0.05, 0.1) is 0 Å². The molecule has 1 unspecified atom stereocenters. The standard InChI is InChI=1S/CH4O2S.K.H/c1-4(2)3;;/h1H3,(H,2,3);;. The van der Waals surface area contributed by atoms with Crippen molar-refractivity contribution in [2.75, 3.05) is 6.26 Å². The third-order valence-electron chi connectivity index (χ3n) is 0. The molecule has 1 atom stereocenters. The third-order valence-corrected chi connectivity index (χ3v) is 0. The van der Waals surface area contributed by atoms with Crippen LogP contribution in [0, 0.1) is 0 Å². The molecule has 0 bridgehead atoms. The molecule has 28 valence electrons. The van der Waals surface area contributed by atoms with E-state index in [9.17, 15) is 0 Å². The molecule has 0 aliphatic heterocycles. The summed E-state index contributed by atoms with van der Waals surface area (Å²) in [5, 5.41) is 0. The Balaban J connectivity index is 0. The summed E-state index contributed by atoms with van der Waals surface area (Å²) in [6, 6.07) is 0. The molecule has 4 heteroatoms. The molecule has 0 aliphatic rings. The molecule has 0 rings (SSSR count). The predicted octanol–water partition coefficient (Wildman–Crippen LogP) is -0.811. The molecule has 0 fully saturated rings. The van der Waals surface area contributed by atoms with Crippen molar-refractivity contribution in [1.82, 2.24) is 0 Å². The predicted molar refractivity (Wildman–Crippen MR) is 23.8 cm³/mol. The van der Waals surface area contributed by atoms with Crippen molar-refractivity contribution in [3.05, 3.63) is 0 Å². The number of rotatable bonds is 0. The maximum absolute atomic E-state index is 9.11. The van der Waals surface area contributed by atoms with Gasteiger partial charge in [0.15, 0.2) is 0 Å². The maximum atomic E-state index is 9.11. The van der Waals surface area contributed by atoms with Gasteiger partial charge in [0.1, 0.15) is 11.1 Å². The average Bonchev–Trinajstić information content (AvgIpc) is 0.811. The number of hydrogen-bond acceptors (Lipinski definition) is 1.